The lowest BCUT2D eigenvalue weighted by Crippen LogP contribution is -2.16. The molecule has 2 aliphatic carbocycles. The van der Waals surface area contributed by atoms with Crippen LogP contribution in [0.3, 0.4) is 0 Å². The molecule has 0 amide bonds. The fourth-order valence-electron chi connectivity index (χ4n) is 3.56. The fourth-order valence-corrected chi connectivity index (χ4v) is 3.56. The molecule has 0 bridgehead atoms. The van der Waals surface area contributed by atoms with Gasteiger partial charge in [0.05, 0.1) is 0 Å². The fraction of sp³-hybridized carbons (Fsp3) is 0.600. The van der Waals surface area contributed by atoms with Crippen LogP contribution >= 0.6 is 0 Å². The van der Waals surface area contributed by atoms with E-state index in [1.807, 2.05) is 12.1 Å². The molecule has 0 heterocycles. The quantitative estimate of drug-likeness (QED) is 0.799. The number of aromatic hydroxyl groups is 1. The summed E-state index contributed by atoms with van der Waals surface area (Å²) in [6.07, 6.45) is 4.02. The third-order valence-electron chi connectivity index (χ3n) is 4.77. The number of hydrogen-bond acceptors (Lipinski definition) is 1. The van der Waals surface area contributed by atoms with Crippen molar-refractivity contribution in [3.05, 3.63) is 29.3 Å². The van der Waals surface area contributed by atoms with Gasteiger partial charge in [-0.2, -0.15) is 0 Å². The normalized spacial score (nSPS) is 30.1. The Morgan fingerprint density at radius 1 is 1.31 bits per heavy atom. The van der Waals surface area contributed by atoms with Crippen molar-refractivity contribution < 1.29 is 5.11 Å². The molecule has 0 aromatic heterocycles. The molecule has 3 unspecified atom stereocenters. The highest BCUT2D eigenvalue weighted by atomic mass is 16.3. The Morgan fingerprint density at radius 2 is 2.06 bits per heavy atom. The van der Waals surface area contributed by atoms with E-state index in [1.165, 1.54) is 30.4 Å². The van der Waals surface area contributed by atoms with E-state index in [0.29, 0.717) is 11.7 Å². The molecule has 1 nitrogen and oxygen atoms in total. The monoisotopic (exact) mass is 216 g/mol. The Labute approximate surface area is 97.5 Å². The maximum atomic E-state index is 9.96. The van der Waals surface area contributed by atoms with Gasteiger partial charge in [-0.25, -0.2) is 0 Å². The van der Waals surface area contributed by atoms with Crippen molar-refractivity contribution in [3.63, 3.8) is 0 Å². The second kappa shape index (κ2) is 3.51. The third-order valence-corrected chi connectivity index (χ3v) is 4.77. The van der Waals surface area contributed by atoms with Crippen LogP contribution in [0.2, 0.25) is 0 Å². The first-order valence-corrected chi connectivity index (χ1v) is 6.49. The summed E-state index contributed by atoms with van der Waals surface area (Å²) in [5, 5.41) is 9.96. The number of rotatable bonds is 2. The van der Waals surface area contributed by atoms with Gasteiger partial charge in [0.25, 0.3) is 0 Å². The van der Waals surface area contributed by atoms with Crippen LogP contribution < -0.4 is 0 Å². The summed E-state index contributed by atoms with van der Waals surface area (Å²) in [5.74, 6) is 3.57. The van der Waals surface area contributed by atoms with Crippen molar-refractivity contribution >= 4 is 0 Å². The second-order valence-corrected chi connectivity index (χ2v) is 5.70. The van der Waals surface area contributed by atoms with E-state index in [2.05, 4.69) is 19.9 Å². The standard InChI is InChI=1S/C15H20O/c1-9(11-6-7-11)13-8-12-4-3-5-14(16)15(12)10(13)2/h3-5,9-11,13,16H,6-8H2,1-2H3. The van der Waals surface area contributed by atoms with Crippen LogP contribution in [0.25, 0.3) is 0 Å². The summed E-state index contributed by atoms with van der Waals surface area (Å²) in [5.41, 5.74) is 2.60. The van der Waals surface area contributed by atoms with Gasteiger partial charge in [0.1, 0.15) is 5.75 Å². The summed E-state index contributed by atoms with van der Waals surface area (Å²) < 4.78 is 0. The average Bonchev–Trinajstić information content (AvgIpc) is 3.04. The Bertz CT molecular complexity index is 406. The van der Waals surface area contributed by atoms with Crippen molar-refractivity contribution in [2.24, 2.45) is 17.8 Å². The van der Waals surface area contributed by atoms with Gasteiger partial charge < -0.3 is 5.11 Å². The van der Waals surface area contributed by atoms with Gasteiger partial charge in [0.15, 0.2) is 0 Å². The lowest BCUT2D eigenvalue weighted by Gasteiger charge is -2.23. The maximum Gasteiger partial charge on any atom is 0.119 e. The lowest BCUT2D eigenvalue weighted by molar-refractivity contribution is 0.295. The van der Waals surface area contributed by atoms with Crippen LogP contribution in [0, 0.1) is 17.8 Å². The molecule has 16 heavy (non-hydrogen) atoms. The predicted molar refractivity (Wildman–Crippen MR) is 65.6 cm³/mol. The first kappa shape index (κ1) is 10.2. The van der Waals surface area contributed by atoms with Crippen LogP contribution in [0.4, 0.5) is 0 Å². The number of hydrogen-bond donors (Lipinski definition) is 1. The van der Waals surface area contributed by atoms with E-state index < -0.39 is 0 Å². The zero-order chi connectivity index (χ0) is 11.3. The van der Waals surface area contributed by atoms with E-state index in [4.69, 9.17) is 0 Å². The Hall–Kier alpha value is -0.980. The Balaban J connectivity index is 1.90. The summed E-state index contributed by atoms with van der Waals surface area (Å²) in [6.45, 7) is 4.69. The van der Waals surface area contributed by atoms with Crippen LogP contribution in [-0.2, 0) is 6.42 Å². The SMILES string of the molecule is CC1c2c(O)cccc2CC1C(C)C1CC1. The van der Waals surface area contributed by atoms with Gasteiger partial charge in [-0.05, 0) is 54.6 Å². The number of benzene rings is 1. The summed E-state index contributed by atoms with van der Waals surface area (Å²) >= 11 is 0. The minimum absolute atomic E-state index is 0.510. The molecule has 1 saturated carbocycles. The van der Waals surface area contributed by atoms with Gasteiger partial charge in [-0.3, -0.25) is 0 Å². The van der Waals surface area contributed by atoms with E-state index in [9.17, 15) is 5.11 Å². The minimum atomic E-state index is 0.510. The molecule has 86 valence electrons. The summed E-state index contributed by atoms with van der Waals surface area (Å²) in [7, 11) is 0. The molecule has 1 fully saturated rings. The van der Waals surface area contributed by atoms with E-state index in [0.717, 1.165) is 17.8 Å². The Kier molecular flexibility index (Phi) is 2.24. The van der Waals surface area contributed by atoms with E-state index in [-0.39, 0.29) is 0 Å². The highest BCUT2D eigenvalue weighted by molar-refractivity contribution is 5.45. The minimum Gasteiger partial charge on any atom is -0.508 e. The van der Waals surface area contributed by atoms with Crippen LogP contribution in [0.1, 0.15) is 43.7 Å². The maximum absolute atomic E-state index is 9.96. The molecule has 0 saturated heterocycles. The van der Waals surface area contributed by atoms with Crippen LogP contribution in [-0.4, -0.2) is 5.11 Å². The molecule has 2 aliphatic rings. The molecule has 1 heteroatoms. The molecular formula is C15H20O. The summed E-state index contributed by atoms with van der Waals surface area (Å²) in [4.78, 5) is 0. The van der Waals surface area contributed by atoms with Crippen LogP contribution in [0.5, 0.6) is 5.75 Å². The molecule has 1 aromatic carbocycles. The molecule has 0 aliphatic heterocycles. The predicted octanol–water partition coefficient (Wildman–Crippen LogP) is 3.71. The molecule has 3 rings (SSSR count). The molecule has 1 N–H and O–H groups in total. The summed E-state index contributed by atoms with van der Waals surface area (Å²) in [6, 6.07) is 6.00. The number of fused-ring (bicyclic) bond motifs is 1. The lowest BCUT2D eigenvalue weighted by atomic mass is 9.81. The second-order valence-electron chi connectivity index (χ2n) is 5.70. The van der Waals surface area contributed by atoms with Crippen LogP contribution in [0.15, 0.2) is 18.2 Å². The topological polar surface area (TPSA) is 20.2 Å². The van der Waals surface area contributed by atoms with E-state index >= 15 is 0 Å². The van der Waals surface area contributed by atoms with Gasteiger partial charge in [-0.15, -0.1) is 0 Å². The van der Waals surface area contributed by atoms with Gasteiger partial charge in [0, 0.05) is 5.56 Å². The number of phenolic OH excluding ortho intramolecular Hbond substituents is 1. The largest absolute Gasteiger partial charge is 0.508 e. The highest BCUT2D eigenvalue weighted by Gasteiger charge is 2.40. The van der Waals surface area contributed by atoms with Crippen molar-refractivity contribution in [3.8, 4) is 5.75 Å². The zero-order valence-electron chi connectivity index (χ0n) is 10.1. The molecule has 1 aromatic rings. The van der Waals surface area contributed by atoms with Crippen molar-refractivity contribution in [2.45, 2.75) is 39.0 Å². The van der Waals surface area contributed by atoms with Gasteiger partial charge >= 0.3 is 0 Å². The average molecular weight is 216 g/mol. The van der Waals surface area contributed by atoms with Crippen molar-refractivity contribution in [2.75, 3.05) is 0 Å². The molecule has 3 atom stereocenters. The first-order chi connectivity index (χ1) is 7.68. The number of phenols is 1. The highest BCUT2D eigenvalue weighted by Crippen LogP contribution is 2.51. The Morgan fingerprint density at radius 3 is 2.69 bits per heavy atom. The third kappa shape index (κ3) is 1.45. The zero-order valence-corrected chi connectivity index (χ0v) is 10.1. The van der Waals surface area contributed by atoms with Crippen molar-refractivity contribution in [1.82, 2.24) is 0 Å². The first-order valence-electron chi connectivity index (χ1n) is 6.49. The van der Waals surface area contributed by atoms with Crippen molar-refractivity contribution in [1.29, 1.82) is 0 Å². The smallest absolute Gasteiger partial charge is 0.119 e. The van der Waals surface area contributed by atoms with Gasteiger partial charge in [-0.1, -0.05) is 26.0 Å². The molecule has 0 spiro atoms. The molecular weight excluding hydrogens is 196 g/mol. The molecule has 0 radical (unpaired) electrons. The van der Waals surface area contributed by atoms with E-state index in [1.54, 1.807) is 0 Å². The van der Waals surface area contributed by atoms with Gasteiger partial charge in [0.2, 0.25) is 0 Å².